The molecule has 4 aromatic rings. The maximum Gasteiger partial charge on any atom is 0.263 e. The molecule has 1 aromatic heterocycles. The Bertz CT molecular complexity index is 1870. The molecule has 7 rings (SSSR count). The van der Waals surface area contributed by atoms with Gasteiger partial charge in [0.2, 0.25) is 5.43 Å². The number of carbonyl (C=O) groups is 1. The van der Waals surface area contributed by atoms with Gasteiger partial charge in [0.15, 0.2) is 0 Å². The number of amides is 1. The van der Waals surface area contributed by atoms with Crippen LogP contribution < -0.4 is 24.5 Å². The van der Waals surface area contributed by atoms with E-state index >= 15 is 0 Å². The molecule has 3 fully saturated rings. The molecule has 4 heterocycles. The van der Waals surface area contributed by atoms with Crippen LogP contribution in [-0.4, -0.2) is 68.0 Å². The van der Waals surface area contributed by atoms with Gasteiger partial charge in [-0.25, -0.2) is 8.78 Å². The summed E-state index contributed by atoms with van der Waals surface area (Å²) in [6, 6.07) is 13.4. The monoisotopic (exact) mass is 702 g/mol. The van der Waals surface area contributed by atoms with Gasteiger partial charge in [0.25, 0.3) is 5.91 Å². The number of piperidine rings is 3. The Balaban J connectivity index is 1.22. The fourth-order valence-corrected chi connectivity index (χ4v) is 7.85. The Morgan fingerprint density at radius 3 is 2.22 bits per heavy atom. The Kier molecular flexibility index (Phi) is 11.6. The smallest absolute Gasteiger partial charge is 0.263 e. The average Bonchev–Trinajstić information content (AvgIpc) is 3.13. The van der Waals surface area contributed by atoms with Gasteiger partial charge < -0.3 is 28.2 Å². The minimum atomic E-state index is -0.820. The summed E-state index contributed by atoms with van der Waals surface area (Å²) in [4.78, 5) is 29.1. The quantitative estimate of drug-likeness (QED) is 0.0868. The third-order valence-electron chi connectivity index (χ3n) is 10.7. The highest BCUT2D eigenvalue weighted by atomic mass is 19.1. The minimum Gasteiger partial charge on any atom is -0.497 e. The Hall–Kier alpha value is -4.44. The van der Waals surface area contributed by atoms with Gasteiger partial charge >= 0.3 is 0 Å². The standard InChI is InChI=1S/C41H50F2N3O5/c1-4-44(32-22-30(42)21-31(43)23-32)41(48)38-28-45(33-24-35(49-3)26-36(25-33)50-5-2)39-27-34(11-12-37(39)40(38)47)51-20-10-8-6-7-9-16-46-17-13-29(14-18-46)15-19-46/h11-12,21-29H,4-10,13-20H2,1-3H3/q+1. The van der Waals surface area contributed by atoms with E-state index < -0.39 is 23.0 Å². The number of anilines is 1. The SMILES string of the molecule is CCOc1cc(OC)cc(-n2cc(C(=O)N(CC)c3cc(F)cc(F)c3)c(=O)c3ccc(OCCCCCCC[N+]45CCC(CC4)CC5)cc32)c1. The number of quaternary nitrogens is 1. The highest BCUT2D eigenvalue weighted by Gasteiger charge is 2.38. The molecule has 1 amide bonds. The fraction of sp³-hybridized carbons (Fsp3) is 0.463. The molecule has 0 radical (unpaired) electrons. The van der Waals surface area contributed by atoms with E-state index in [0.29, 0.717) is 47.1 Å². The molecule has 0 saturated carbocycles. The van der Waals surface area contributed by atoms with Crippen molar-refractivity contribution in [3.63, 3.8) is 0 Å². The maximum absolute atomic E-state index is 14.2. The van der Waals surface area contributed by atoms with Crippen LogP contribution in [0.25, 0.3) is 16.6 Å². The molecule has 0 spiro atoms. The van der Waals surface area contributed by atoms with Crippen molar-refractivity contribution in [3.05, 3.63) is 88.2 Å². The number of methoxy groups -OCH3 is 1. The number of hydrogen-bond donors (Lipinski definition) is 0. The maximum atomic E-state index is 14.2. The van der Waals surface area contributed by atoms with Crippen LogP contribution in [0.5, 0.6) is 17.2 Å². The van der Waals surface area contributed by atoms with Gasteiger partial charge in [0, 0.05) is 54.1 Å². The van der Waals surface area contributed by atoms with Crippen LogP contribution in [0.1, 0.15) is 75.6 Å². The number of rotatable bonds is 16. The summed E-state index contributed by atoms with van der Waals surface area (Å²) < 4.78 is 49.0. The van der Waals surface area contributed by atoms with E-state index in [9.17, 15) is 18.4 Å². The highest BCUT2D eigenvalue weighted by molar-refractivity contribution is 6.07. The molecule has 0 atom stereocenters. The number of hydrogen-bond acceptors (Lipinski definition) is 5. The van der Waals surface area contributed by atoms with Gasteiger partial charge in [0.1, 0.15) is 34.4 Å². The molecule has 0 N–H and O–H groups in total. The van der Waals surface area contributed by atoms with Crippen LogP contribution in [0.2, 0.25) is 0 Å². The molecular formula is C41H50F2N3O5+. The van der Waals surface area contributed by atoms with Crippen molar-refractivity contribution < 1.29 is 32.3 Å². The van der Waals surface area contributed by atoms with Crippen LogP contribution in [-0.2, 0) is 0 Å². The largest absolute Gasteiger partial charge is 0.497 e. The van der Waals surface area contributed by atoms with E-state index in [2.05, 4.69) is 0 Å². The summed E-state index contributed by atoms with van der Waals surface area (Å²) in [6.45, 7) is 10.1. The topological polar surface area (TPSA) is 70.0 Å². The second-order valence-electron chi connectivity index (χ2n) is 14.0. The van der Waals surface area contributed by atoms with Gasteiger partial charge in [-0.2, -0.15) is 0 Å². The second kappa shape index (κ2) is 16.3. The Morgan fingerprint density at radius 1 is 0.843 bits per heavy atom. The molecule has 0 aliphatic carbocycles. The molecule has 3 saturated heterocycles. The van der Waals surface area contributed by atoms with Gasteiger partial charge in [-0.3, -0.25) is 9.59 Å². The van der Waals surface area contributed by atoms with Crippen molar-refractivity contribution in [3.8, 4) is 22.9 Å². The van der Waals surface area contributed by atoms with Crippen LogP contribution in [0.3, 0.4) is 0 Å². The first kappa shape index (κ1) is 36.4. The number of unbranched alkanes of at least 4 members (excludes halogenated alkanes) is 4. The summed E-state index contributed by atoms with van der Waals surface area (Å²) >= 11 is 0. The summed E-state index contributed by atoms with van der Waals surface area (Å²) in [5.41, 5.74) is 0.482. The first-order chi connectivity index (χ1) is 24.7. The lowest BCUT2D eigenvalue weighted by molar-refractivity contribution is -0.942. The lowest BCUT2D eigenvalue weighted by atomic mass is 9.85. The number of halogens is 2. The second-order valence-corrected chi connectivity index (χ2v) is 14.0. The third-order valence-corrected chi connectivity index (χ3v) is 10.7. The van der Waals surface area contributed by atoms with Gasteiger partial charge in [-0.05, 0) is 82.6 Å². The van der Waals surface area contributed by atoms with E-state index in [1.165, 1.54) is 80.3 Å². The zero-order chi connectivity index (χ0) is 36.0. The molecule has 3 aliphatic rings. The van der Waals surface area contributed by atoms with E-state index in [-0.39, 0.29) is 17.8 Å². The molecule has 2 bridgehead atoms. The number of benzene rings is 3. The minimum absolute atomic E-state index is 0.0184. The van der Waals surface area contributed by atoms with Crippen molar-refractivity contribution in [1.82, 2.24) is 4.57 Å². The fourth-order valence-electron chi connectivity index (χ4n) is 7.85. The zero-order valence-corrected chi connectivity index (χ0v) is 30.1. The van der Waals surface area contributed by atoms with Crippen molar-refractivity contribution in [2.75, 3.05) is 57.9 Å². The molecule has 3 aliphatic heterocycles. The van der Waals surface area contributed by atoms with Gasteiger partial charge in [-0.15, -0.1) is 0 Å². The predicted octanol–water partition coefficient (Wildman–Crippen LogP) is 8.30. The van der Waals surface area contributed by atoms with Gasteiger partial charge in [0.05, 0.1) is 57.7 Å². The molecule has 0 unspecified atom stereocenters. The van der Waals surface area contributed by atoms with E-state index in [1.807, 2.05) is 6.92 Å². The lowest BCUT2D eigenvalue weighted by Crippen LogP contribution is -2.58. The Labute approximate surface area is 299 Å². The molecule has 10 heteroatoms. The number of aromatic nitrogens is 1. The van der Waals surface area contributed by atoms with E-state index in [0.717, 1.165) is 37.0 Å². The van der Waals surface area contributed by atoms with Crippen molar-refractivity contribution in [2.45, 2.75) is 65.2 Å². The highest BCUT2D eigenvalue weighted by Crippen LogP contribution is 2.34. The molecule has 51 heavy (non-hydrogen) atoms. The number of fused-ring (bicyclic) bond motifs is 4. The van der Waals surface area contributed by atoms with Crippen molar-refractivity contribution in [2.24, 2.45) is 5.92 Å². The third kappa shape index (κ3) is 8.38. The number of carbonyl (C=O) groups excluding carboxylic acids is 1. The molecule has 3 aromatic carbocycles. The Morgan fingerprint density at radius 2 is 1.53 bits per heavy atom. The van der Waals surface area contributed by atoms with Crippen LogP contribution in [0.4, 0.5) is 14.5 Å². The van der Waals surface area contributed by atoms with Crippen molar-refractivity contribution in [1.29, 1.82) is 0 Å². The molecule has 272 valence electrons. The summed E-state index contributed by atoms with van der Waals surface area (Å²) in [7, 11) is 1.55. The predicted molar refractivity (Wildman–Crippen MR) is 197 cm³/mol. The van der Waals surface area contributed by atoms with Crippen LogP contribution in [0.15, 0.2) is 65.6 Å². The van der Waals surface area contributed by atoms with E-state index in [4.69, 9.17) is 14.2 Å². The summed E-state index contributed by atoms with van der Waals surface area (Å²) in [6.07, 6.45) is 11.5. The number of nitrogens with zero attached hydrogens (tertiary/aromatic N) is 3. The number of ether oxygens (including phenoxy) is 3. The van der Waals surface area contributed by atoms with E-state index in [1.54, 1.807) is 55.0 Å². The normalized spacial score (nSPS) is 18.2. The van der Waals surface area contributed by atoms with Crippen LogP contribution >= 0.6 is 0 Å². The van der Waals surface area contributed by atoms with Gasteiger partial charge in [-0.1, -0.05) is 12.8 Å². The average molecular weight is 703 g/mol. The summed E-state index contributed by atoms with van der Waals surface area (Å²) in [5.74, 6) is 0.362. The van der Waals surface area contributed by atoms with Crippen molar-refractivity contribution >= 4 is 22.5 Å². The van der Waals surface area contributed by atoms with Crippen LogP contribution in [0, 0.1) is 17.6 Å². The first-order valence-electron chi connectivity index (χ1n) is 18.5. The molecular weight excluding hydrogens is 652 g/mol. The zero-order valence-electron chi connectivity index (χ0n) is 30.1. The first-order valence-corrected chi connectivity index (χ1v) is 18.5. The summed E-state index contributed by atoms with van der Waals surface area (Å²) in [5, 5.41) is 0.291. The lowest BCUT2D eigenvalue weighted by Gasteiger charge is -2.49. The molecule has 8 nitrogen and oxygen atoms in total. The number of pyridine rings is 1.